The Labute approximate surface area is 94.4 Å². The van der Waals surface area contributed by atoms with Gasteiger partial charge in [0.15, 0.2) is 5.11 Å². The summed E-state index contributed by atoms with van der Waals surface area (Å²) in [6.07, 6.45) is -4.75. The molecule has 16 heavy (non-hydrogen) atoms. The number of hydrogen-bond acceptors (Lipinski definition) is 1. The summed E-state index contributed by atoms with van der Waals surface area (Å²) >= 11 is 4.48. The predicted molar refractivity (Wildman–Crippen MR) is 56.5 cm³/mol. The molecule has 0 aliphatic heterocycles. The van der Waals surface area contributed by atoms with Crippen LogP contribution in [0.15, 0.2) is 12.1 Å². The summed E-state index contributed by atoms with van der Waals surface area (Å²) in [4.78, 5) is 0. The van der Waals surface area contributed by atoms with E-state index in [1.54, 1.807) is 0 Å². The van der Waals surface area contributed by atoms with Crippen LogP contribution < -0.4 is 11.1 Å². The van der Waals surface area contributed by atoms with Crippen LogP contribution >= 0.6 is 12.2 Å². The van der Waals surface area contributed by atoms with Crippen molar-refractivity contribution in [2.75, 3.05) is 5.32 Å². The minimum absolute atomic E-state index is 0.0127. The second kappa shape index (κ2) is 4.25. The first-order valence-electron chi connectivity index (χ1n) is 4.15. The van der Waals surface area contributed by atoms with Crippen LogP contribution in [0.3, 0.4) is 0 Å². The number of halogens is 4. The van der Waals surface area contributed by atoms with Crippen LogP contribution in [0.25, 0.3) is 0 Å². The van der Waals surface area contributed by atoms with Crippen LogP contribution in [0, 0.1) is 12.7 Å². The SMILES string of the molecule is Cc1cc(NC(N)=S)cc(C(F)(F)F)c1F. The van der Waals surface area contributed by atoms with Crippen molar-refractivity contribution in [2.24, 2.45) is 5.73 Å². The fraction of sp³-hybridized carbons (Fsp3) is 0.222. The van der Waals surface area contributed by atoms with E-state index in [9.17, 15) is 17.6 Å². The highest BCUT2D eigenvalue weighted by atomic mass is 32.1. The number of anilines is 1. The van der Waals surface area contributed by atoms with E-state index in [1.807, 2.05) is 0 Å². The van der Waals surface area contributed by atoms with Gasteiger partial charge in [-0.3, -0.25) is 0 Å². The molecular weight excluding hydrogens is 244 g/mol. The average molecular weight is 252 g/mol. The number of thiocarbonyl (C=S) groups is 1. The molecule has 3 N–H and O–H groups in total. The first kappa shape index (κ1) is 12.7. The van der Waals surface area contributed by atoms with Gasteiger partial charge in [0, 0.05) is 5.69 Å². The van der Waals surface area contributed by atoms with Crippen LogP contribution in [0.5, 0.6) is 0 Å². The van der Waals surface area contributed by atoms with E-state index in [-0.39, 0.29) is 16.4 Å². The minimum atomic E-state index is -4.75. The second-order valence-corrected chi connectivity index (χ2v) is 3.58. The fourth-order valence-corrected chi connectivity index (χ4v) is 1.31. The van der Waals surface area contributed by atoms with E-state index in [4.69, 9.17) is 5.73 Å². The molecule has 1 aromatic carbocycles. The summed E-state index contributed by atoms with van der Waals surface area (Å²) in [5.74, 6) is -1.29. The van der Waals surface area contributed by atoms with Gasteiger partial charge in [0.05, 0.1) is 5.56 Å². The molecule has 0 aromatic heterocycles. The van der Waals surface area contributed by atoms with Gasteiger partial charge in [0.25, 0.3) is 0 Å². The van der Waals surface area contributed by atoms with Crippen molar-refractivity contribution in [2.45, 2.75) is 13.1 Å². The van der Waals surface area contributed by atoms with E-state index in [1.165, 1.54) is 13.0 Å². The Morgan fingerprint density at radius 3 is 2.38 bits per heavy atom. The molecule has 0 aliphatic carbocycles. The number of nitrogens with one attached hydrogen (secondary N) is 1. The molecule has 1 aromatic rings. The van der Waals surface area contributed by atoms with Crippen molar-refractivity contribution in [1.82, 2.24) is 0 Å². The summed E-state index contributed by atoms with van der Waals surface area (Å²) in [5.41, 5.74) is 3.66. The van der Waals surface area contributed by atoms with Crippen LogP contribution in [0.2, 0.25) is 0 Å². The number of benzene rings is 1. The van der Waals surface area contributed by atoms with E-state index in [0.29, 0.717) is 6.07 Å². The summed E-state index contributed by atoms with van der Waals surface area (Å²) in [5, 5.41) is 2.15. The Morgan fingerprint density at radius 2 is 1.94 bits per heavy atom. The van der Waals surface area contributed by atoms with Gasteiger partial charge in [-0.2, -0.15) is 13.2 Å². The zero-order valence-corrected chi connectivity index (χ0v) is 8.97. The van der Waals surface area contributed by atoms with Crippen LogP contribution in [0.4, 0.5) is 23.2 Å². The average Bonchev–Trinajstić information content (AvgIpc) is 2.08. The van der Waals surface area contributed by atoms with Gasteiger partial charge >= 0.3 is 6.18 Å². The third kappa shape index (κ3) is 2.82. The van der Waals surface area contributed by atoms with Gasteiger partial charge in [0.2, 0.25) is 0 Å². The Balaban J connectivity index is 3.28. The van der Waals surface area contributed by atoms with E-state index in [2.05, 4.69) is 17.5 Å². The third-order valence-electron chi connectivity index (χ3n) is 1.83. The smallest absolute Gasteiger partial charge is 0.376 e. The molecule has 0 radical (unpaired) electrons. The van der Waals surface area contributed by atoms with Crippen molar-refractivity contribution in [3.63, 3.8) is 0 Å². The number of hydrogen-bond donors (Lipinski definition) is 2. The Kier molecular flexibility index (Phi) is 3.37. The minimum Gasteiger partial charge on any atom is -0.376 e. The summed E-state index contributed by atoms with van der Waals surface area (Å²) in [6.45, 7) is 1.23. The molecule has 1 rings (SSSR count). The second-order valence-electron chi connectivity index (χ2n) is 3.14. The lowest BCUT2D eigenvalue weighted by atomic mass is 10.1. The molecule has 0 unspecified atom stereocenters. The topological polar surface area (TPSA) is 38.0 Å². The van der Waals surface area contributed by atoms with Gasteiger partial charge in [-0.15, -0.1) is 0 Å². The molecular formula is C9H8F4N2S. The number of aryl methyl sites for hydroxylation is 1. The lowest BCUT2D eigenvalue weighted by Gasteiger charge is -2.12. The molecule has 0 saturated heterocycles. The van der Waals surface area contributed by atoms with Gasteiger partial charge in [-0.1, -0.05) is 0 Å². The van der Waals surface area contributed by atoms with E-state index < -0.39 is 17.6 Å². The number of nitrogens with two attached hydrogens (primary N) is 1. The van der Waals surface area contributed by atoms with Gasteiger partial charge in [0.1, 0.15) is 5.82 Å². The highest BCUT2D eigenvalue weighted by Gasteiger charge is 2.35. The fourth-order valence-electron chi connectivity index (χ4n) is 1.19. The molecule has 0 atom stereocenters. The van der Waals surface area contributed by atoms with Crippen LogP contribution in [-0.4, -0.2) is 5.11 Å². The molecule has 0 heterocycles. The molecule has 0 saturated carbocycles. The molecule has 0 spiro atoms. The monoisotopic (exact) mass is 252 g/mol. The van der Waals surface area contributed by atoms with Crippen molar-refractivity contribution in [3.05, 3.63) is 29.1 Å². The van der Waals surface area contributed by atoms with Crippen LogP contribution in [0.1, 0.15) is 11.1 Å². The lowest BCUT2D eigenvalue weighted by Crippen LogP contribution is -2.20. The van der Waals surface area contributed by atoms with Gasteiger partial charge in [-0.05, 0) is 36.8 Å². The molecule has 2 nitrogen and oxygen atoms in total. The summed E-state index contributed by atoms with van der Waals surface area (Å²) in [6, 6.07) is 1.82. The normalized spacial score (nSPS) is 11.3. The largest absolute Gasteiger partial charge is 0.419 e. The molecule has 0 aliphatic rings. The first-order valence-corrected chi connectivity index (χ1v) is 4.56. The standard InChI is InChI=1S/C9H8F4N2S/c1-4-2-5(15-8(14)16)3-6(7(4)10)9(11,12)13/h2-3H,1H3,(H3,14,15,16). The van der Waals surface area contributed by atoms with Crippen molar-refractivity contribution in [3.8, 4) is 0 Å². The molecule has 0 bridgehead atoms. The molecule has 7 heteroatoms. The van der Waals surface area contributed by atoms with Gasteiger partial charge < -0.3 is 11.1 Å². The zero-order valence-electron chi connectivity index (χ0n) is 8.15. The quantitative estimate of drug-likeness (QED) is 0.596. The number of rotatable bonds is 1. The predicted octanol–water partition coefficient (Wildman–Crippen LogP) is 2.81. The maximum Gasteiger partial charge on any atom is 0.419 e. The third-order valence-corrected chi connectivity index (χ3v) is 1.93. The van der Waals surface area contributed by atoms with E-state index in [0.717, 1.165) is 0 Å². The molecule has 0 amide bonds. The Morgan fingerprint density at radius 1 is 1.38 bits per heavy atom. The molecule has 88 valence electrons. The Bertz CT molecular complexity index is 428. The van der Waals surface area contributed by atoms with Crippen molar-refractivity contribution in [1.29, 1.82) is 0 Å². The molecule has 0 fully saturated rings. The van der Waals surface area contributed by atoms with Crippen molar-refractivity contribution >= 4 is 23.0 Å². The first-order chi connectivity index (χ1) is 7.21. The van der Waals surface area contributed by atoms with Gasteiger partial charge in [-0.25, -0.2) is 4.39 Å². The highest BCUT2D eigenvalue weighted by molar-refractivity contribution is 7.80. The van der Waals surface area contributed by atoms with E-state index >= 15 is 0 Å². The van der Waals surface area contributed by atoms with Crippen LogP contribution in [-0.2, 0) is 6.18 Å². The van der Waals surface area contributed by atoms with Crippen molar-refractivity contribution < 1.29 is 17.6 Å². The summed E-state index contributed by atoms with van der Waals surface area (Å²) < 4.78 is 50.4. The highest BCUT2D eigenvalue weighted by Crippen LogP contribution is 2.34. The maximum atomic E-state index is 13.2. The maximum absolute atomic E-state index is 13.2. The number of alkyl halides is 3. The zero-order chi connectivity index (χ0) is 12.5. The summed E-state index contributed by atoms with van der Waals surface area (Å²) in [7, 11) is 0. The lowest BCUT2D eigenvalue weighted by molar-refractivity contribution is -0.140. The Hall–Kier alpha value is -1.37.